The average molecular weight is 406 g/mol. The lowest BCUT2D eigenvalue weighted by Crippen LogP contribution is -2.33. The summed E-state index contributed by atoms with van der Waals surface area (Å²) in [6.07, 6.45) is 8.13. The normalized spacial score (nSPS) is 15.2. The number of nitrogens with zero attached hydrogens (tertiary/aromatic N) is 2. The maximum atomic E-state index is 13.2. The molecule has 0 saturated heterocycles. The van der Waals surface area contributed by atoms with Crippen molar-refractivity contribution in [3.05, 3.63) is 33.4 Å². The number of hydrogen-bond donors (Lipinski definition) is 1. The van der Waals surface area contributed by atoms with E-state index in [0.29, 0.717) is 11.7 Å². The topological polar surface area (TPSA) is 64.0 Å². The summed E-state index contributed by atoms with van der Waals surface area (Å²) < 4.78 is 1.66. The SMILES string of the molecule is C=CCn1c(SCC(=O)N[C@H](C)CC)nc2sc3c(c2c1=O)CCCCC3. The zero-order valence-electron chi connectivity index (χ0n) is 16.0. The highest BCUT2D eigenvalue weighted by molar-refractivity contribution is 7.99. The molecule has 3 rings (SSSR count). The van der Waals surface area contributed by atoms with E-state index in [1.54, 1.807) is 22.0 Å². The quantitative estimate of drug-likeness (QED) is 0.328. The Kier molecular flexibility index (Phi) is 6.76. The van der Waals surface area contributed by atoms with Gasteiger partial charge in [-0.15, -0.1) is 17.9 Å². The first-order valence-electron chi connectivity index (χ1n) is 9.63. The van der Waals surface area contributed by atoms with E-state index in [0.717, 1.165) is 35.9 Å². The number of aromatic nitrogens is 2. The molecule has 0 bridgehead atoms. The van der Waals surface area contributed by atoms with Gasteiger partial charge in [-0.1, -0.05) is 31.2 Å². The van der Waals surface area contributed by atoms with Crippen LogP contribution < -0.4 is 10.9 Å². The molecule has 5 nitrogen and oxygen atoms in total. The first-order valence-corrected chi connectivity index (χ1v) is 11.4. The van der Waals surface area contributed by atoms with E-state index >= 15 is 0 Å². The molecular formula is C20H27N3O2S2. The van der Waals surface area contributed by atoms with Gasteiger partial charge in [0.25, 0.3) is 5.56 Å². The highest BCUT2D eigenvalue weighted by atomic mass is 32.2. The van der Waals surface area contributed by atoms with Crippen molar-refractivity contribution in [2.24, 2.45) is 0 Å². The molecular weight excluding hydrogens is 378 g/mol. The van der Waals surface area contributed by atoms with Crippen LogP contribution in [0.3, 0.4) is 0 Å². The summed E-state index contributed by atoms with van der Waals surface area (Å²) in [5, 5.41) is 4.34. The van der Waals surface area contributed by atoms with Crippen LogP contribution in [0, 0.1) is 0 Å². The number of carbonyl (C=O) groups is 1. The van der Waals surface area contributed by atoms with Crippen LogP contribution in [0.25, 0.3) is 10.2 Å². The lowest BCUT2D eigenvalue weighted by Gasteiger charge is -2.13. The van der Waals surface area contributed by atoms with Crippen LogP contribution in [0.1, 0.15) is 50.0 Å². The van der Waals surface area contributed by atoms with Crippen LogP contribution in [0.4, 0.5) is 0 Å². The predicted molar refractivity (Wildman–Crippen MR) is 114 cm³/mol. The number of aryl methyl sites for hydroxylation is 2. The van der Waals surface area contributed by atoms with Crippen LogP contribution in [0.15, 0.2) is 22.6 Å². The van der Waals surface area contributed by atoms with Crippen molar-refractivity contribution in [2.75, 3.05) is 5.75 Å². The van der Waals surface area contributed by atoms with E-state index in [4.69, 9.17) is 4.98 Å². The molecule has 1 aliphatic rings. The highest BCUT2D eigenvalue weighted by Gasteiger charge is 2.21. The molecule has 146 valence electrons. The fourth-order valence-electron chi connectivity index (χ4n) is 3.35. The van der Waals surface area contributed by atoms with Crippen molar-refractivity contribution in [2.45, 2.75) is 70.1 Å². The number of thiophene rings is 1. The van der Waals surface area contributed by atoms with Gasteiger partial charge < -0.3 is 5.32 Å². The van der Waals surface area contributed by atoms with Crippen LogP contribution in [-0.4, -0.2) is 27.3 Å². The first-order chi connectivity index (χ1) is 13.0. The summed E-state index contributed by atoms with van der Waals surface area (Å²) >= 11 is 2.98. The van der Waals surface area contributed by atoms with E-state index in [2.05, 4.69) is 11.9 Å². The van der Waals surface area contributed by atoms with Gasteiger partial charge in [-0.05, 0) is 44.6 Å². The van der Waals surface area contributed by atoms with Gasteiger partial charge in [0.15, 0.2) is 5.16 Å². The van der Waals surface area contributed by atoms with Crippen molar-refractivity contribution >= 4 is 39.2 Å². The summed E-state index contributed by atoms with van der Waals surface area (Å²) in [6.45, 7) is 8.21. The Morgan fingerprint density at radius 2 is 2.19 bits per heavy atom. The van der Waals surface area contributed by atoms with Gasteiger partial charge in [0.05, 0.1) is 11.1 Å². The fraction of sp³-hybridized carbons (Fsp3) is 0.550. The molecule has 2 aromatic rings. The Balaban J connectivity index is 1.95. The molecule has 1 aliphatic carbocycles. The number of thioether (sulfide) groups is 1. The van der Waals surface area contributed by atoms with Gasteiger partial charge in [-0.2, -0.15) is 0 Å². The van der Waals surface area contributed by atoms with Crippen LogP contribution in [0.5, 0.6) is 0 Å². The van der Waals surface area contributed by atoms with Crippen molar-refractivity contribution < 1.29 is 4.79 Å². The molecule has 7 heteroatoms. The summed E-state index contributed by atoms with van der Waals surface area (Å²) in [4.78, 5) is 32.3. The average Bonchev–Trinajstić information content (AvgIpc) is 2.83. The molecule has 0 fully saturated rings. The number of carbonyl (C=O) groups excluding carboxylic acids is 1. The van der Waals surface area contributed by atoms with E-state index < -0.39 is 0 Å². The van der Waals surface area contributed by atoms with Gasteiger partial charge in [0, 0.05) is 17.5 Å². The number of hydrogen-bond acceptors (Lipinski definition) is 5. The van der Waals surface area contributed by atoms with Gasteiger partial charge in [-0.3, -0.25) is 14.2 Å². The van der Waals surface area contributed by atoms with Gasteiger partial charge in [-0.25, -0.2) is 4.98 Å². The smallest absolute Gasteiger partial charge is 0.263 e. The summed E-state index contributed by atoms with van der Waals surface area (Å²) in [5.74, 6) is 0.223. The number of rotatable bonds is 7. The van der Waals surface area contributed by atoms with Gasteiger partial charge >= 0.3 is 0 Å². The van der Waals surface area contributed by atoms with Crippen molar-refractivity contribution in [3.8, 4) is 0 Å². The molecule has 1 N–H and O–H groups in total. The molecule has 0 aliphatic heterocycles. The lowest BCUT2D eigenvalue weighted by molar-refractivity contribution is -0.119. The number of fused-ring (bicyclic) bond motifs is 3. The monoisotopic (exact) mass is 405 g/mol. The molecule has 1 amide bonds. The predicted octanol–water partition coefficient (Wildman–Crippen LogP) is 3.92. The summed E-state index contributed by atoms with van der Waals surface area (Å²) in [6, 6.07) is 0.150. The molecule has 0 aromatic carbocycles. The van der Waals surface area contributed by atoms with E-state index in [-0.39, 0.29) is 23.3 Å². The Bertz CT molecular complexity index is 901. The highest BCUT2D eigenvalue weighted by Crippen LogP contribution is 2.34. The Morgan fingerprint density at radius 3 is 2.93 bits per heavy atom. The van der Waals surface area contributed by atoms with Crippen molar-refractivity contribution in [1.82, 2.24) is 14.9 Å². The van der Waals surface area contributed by atoms with Crippen molar-refractivity contribution in [3.63, 3.8) is 0 Å². The Hall–Kier alpha value is -1.60. The molecule has 2 aromatic heterocycles. The minimum absolute atomic E-state index is 0.00383. The Labute approximate surface area is 168 Å². The molecule has 2 heterocycles. The van der Waals surface area contributed by atoms with Crippen LogP contribution >= 0.6 is 23.1 Å². The maximum absolute atomic E-state index is 13.2. The van der Waals surface area contributed by atoms with E-state index in [9.17, 15) is 9.59 Å². The summed E-state index contributed by atoms with van der Waals surface area (Å²) in [5.41, 5.74) is 1.21. The molecule has 0 saturated carbocycles. The summed E-state index contributed by atoms with van der Waals surface area (Å²) in [7, 11) is 0. The van der Waals surface area contributed by atoms with Crippen LogP contribution in [-0.2, 0) is 24.2 Å². The molecule has 0 unspecified atom stereocenters. The molecule has 0 spiro atoms. The zero-order chi connectivity index (χ0) is 19.4. The number of amides is 1. The number of allylic oxidation sites excluding steroid dienone is 1. The van der Waals surface area contributed by atoms with E-state index in [1.165, 1.54) is 35.0 Å². The third-order valence-electron chi connectivity index (χ3n) is 4.95. The second-order valence-corrected chi connectivity index (χ2v) is 9.04. The largest absolute Gasteiger partial charge is 0.353 e. The molecule has 1 atom stereocenters. The van der Waals surface area contributed by atoms with E-state index in [1.807, 2.05) is 13.8 Å². The number of nitrogens with one attached hydrogen (secondary N) is 1. The van der Waals surface area contributed by atoms with Gasteiger partial charge in [0.2, 0.25) is 5.91 Å². The zero-order valence-corrected chi connectivity index (χ0v) is 17.7. The van der Waals surface area contributed by atoms with Crippen LogP contribution in [0.2, 0.25) is 0 Å². The minimum atomic E-state index is -0.0317. The fourth-order valence-corrected chi connectivity index (χ4v) is 5.47. The lowest BCUT2D eigenvalue weighted by atomic mass is 10.1. The first kappa shape index (κ1) is 20.1. The maximum Gasteiger partial charge on any atom is 0.263 e. The molecule has 0 radical (unpaired) electrons. The third kappa shape index (κ3) is 4.46. The standard InChI is InChI=1S/C20H27N3O2S2/c1-4-11-23-19(25)17-14-9-7-6-8-10-15(14)27-18(17)22-20(23)26-12-16(24)21-13(3)5-2/h4,13H,1,5-12H2,2-3H3,(H,21,24)/t13-/m1/s1. The van der Waals surface area contributed by atoms with Crippen molar-refractivity contribution in [1.29, 1.82) is 0 Å². The van der Waals surface area contributed by atoms with Gasteiger partial charge in [0.1, 0.15) is 4.83 Å². The molecule has 27 heavy (non-hydrogen) atoms. The second kappa shape index (κ2) is 9.06. The second-order valence-electron chi connectivity index (χ2n) is 7.01. The Morgan fingerprint density at radius 1 is 1.41 bits per heavy atom. The third-order valence-corrected chi connectivity index (χ3v) is 7.12. The minimum Gasteiger partial charge on any atom is -0.353 e.